The molecule has 0 saturated carbocycles. The van der Waals surface area contributed by atoms with Gasteiger partial charge in [0.2, 0.25) is 0 Å². The van der Waals surface area contributed by atoms with Crippen LogP contribution in [0.25, 0.3) is 0 Å². The summed E-state index contributed by atoms with van der Waals surface area (Å²) in [6.07, 6.45) is 0.963. The van der Waals surface area contributed by atoms with Crippen molar-refractivity contribution in [1.29, 1.82) is 0 Å². The summed E-state index contributed by atoms with van der Waals surface area (Å²) in [5.41, 5.74) is 7.42. The van der Waals surface area contributed by atoms with Crippen LogP contribution >= 0.6 is 37.2 Å². The Kier molecular flexibility index (Phi) is 39.9. The first kappa shape index (κ1) is 38.8. The lowest BCUT2D eigenvalue weighted by molar-refractivity contribution is 0.161. The van der Waals surface area contributed by atoms with Gasteiger partial charge in [0, 0.05) is 31.0 Å². The molecule has 8 nitrogen and oxygen atoms in total. The number of aliphatic hydroxyl groups is 2. The minimum atomic E-state index is 0. The van der Waals surface area contributed by atoms with Gasteiger partial charge in [-0.05, 0) is 37.2 Å². The van der Waals surface area contributed by atoms with Crippen LogP contribution in [0.2, 0.25) is 0 Å². The summed E-state index contributed by atoms with van der Waals surface area (Å²) in [5, 5.41) is 21.1. The normalized spacial score (nSPS) is 8.12. The first-order chi connectivity index (χ1) is 8.76. The van der Waals surface area contributed by atoms with E-state index in [1.807, 2.05) is 29.2 Å². The number of anilines is 2. The van der Waals surface area contributed by atoms with Crippen LogP contribution in [0.5, 0.6) is 0 Å². The number of hydrogen-bond acceptors (Lipinski definition) is 5. The van der Waals surface area contributed by atoms with Gasteiger partial charge in [-0.1, -0.05) is 0 Å². The van der Waals surface area contributed by atoms with Crippen LogP contribution in [-0.2, 0) is 0 Å². The molecule has 1 rings (SSSR count). The van der Waals surface area contributed by atoms with Crippen molar-refractivity contribution in [2.24, 2.45) is 0 Å². The van der Waals surface area contributed by atoms with E-state index >= 15 is 0 Å². The fourth-order valence-electron chi connectivity index (χ4n) is 1.75. The summed E-state index contributed by atoms with van der Waals surface area (Å²) in [6, 6.07) is 7.64. The largest absolute Gasteiger partial charge is 0.412 e. The van der Waals surface area contributed by atoms with Gasteiger partial charge >= 0.3 is 0 Å². The van der Waals surface area contributed by atoms with Crippen molar-refractivity contribution >= 4 is 48.6 Å². The van der Waals surface area contributed by atoms with Gasteiger partial charge in [-0.15, -0.1) is 37.2 Å². The summed E-state index contributed by atoms with van der Waals surface area (Å²) in [7, 11) is 0. The summed E-state index contributed by atoms with van der Waals surface area (Å²) in [6.45, 7) is 3.21. The molecule has 1 aromatic carbocycles. The van der Waals surface area contributed by atoms with Crippen molar-refractivity contribution < 1.29 is 26.6 Å². The Labute approximate surface area is 161 Å². The smallest absolute Gasteiger partial charge is 0.0558 e. The van der Waals surface area contributed by atoms with Crippen molar-refractivity contribution in [2.45, 2.75) is 6.42 Å². The van der Waals surface area contributed by atoms with E-state index in [2.05, 4.69) is 5.32 Å². The molecule has 24 heavy (non-hydrogen) atoms. The Hall–Kier alpha value is -0.550. The van der Waals surface area contributed by atoms with Gasteiger partial charge in [0.15, 0.2) is 0 Å². The van der Waals surface area contributed by atoms with Crippen LogP contribution in [-0.4, -0.2) is 70.9 Å². The third kappa shape index (κ3) is 17.8. The monoisotopic (exact) mass is 415 g/mol. The topological polar surface area (TPSA) is 176 Å². The Morgan fingerprint density at radius 1 is 0.833 bits per heavy atom. The van der Waals surface area contributed by atoms with Gasteiger partial charge in [-0.3, -0.25) is 4.90 Å². The number of aliphatic hydroxyl groups excluding tert-OH is 2. The second kappa shape index (κ2) is 24.7. The van der Waals surface area contributed by atoms with E-state index in [1.165, 1.54) is 0 Å². The maximum absolute atomic E-state index is 8.87. The summed E-state index contributed by atoms with van der Waals surface area (Å²) in [4.78, 5) is 2.05. The maximum Gasteiger partial charge on any atom is 0.0558 e. The Balaban J connectivity index is -0.000000135. The van der Waals surface area contributed by atoms with Crippen molar-refractivity contribution in [2.75, 3.05) is 50.4 Å². The summed E-state index contributed by atoms with van der Waals surface area (Å²) >= 11 is 0. The molecule has 0 spiro atoms. The number of nitrogens with two attached hydrogens (primary N) is 1. The molecule has 0 aliphatic heterocycles. The van der Waals surface area contributed by atoms with E-state index in [-0.39, 0.29) is 66.9 Å². The standard InChI is InChI=1S/C13H23N3O2.3ClH.3H2O/c14-12-2-4-13(5-3-12)15-6-1-7-16(8-10-17)9-11-18;;;;;;/h2-5,15,17-18H,1,6-11,14H2;3*1H;3*1H2. The number of benzene rings is 1. The van der Waals surface area contributed by atoms with Gasteiger partial charge in [0.05, 0.1) is 13.2 Å². The average molecular weight is 417 g/mol. The number of halogens is 3. The molecular weight excluding hydrogens is 385 g/mol. The molecule has 0 atom stereocenters. The van der Waals surface area contributed by atoms with Crippen LogP contribution in [0.15, 0.2) is 24.3 Å². The quantitative estimate of drug-likeness (QED) is 0.302. The van der Waals surface area contributed by atoms with E-state index in [4.69, 9.17) is 15.9 Å². The summed E-state index contributed by atoms with van der Waals surface area (Å²) in [5.74, 6) is 0. The zero-order valence-corrected chi connectivity index (χ0v) is 15.9. The molecule has 0 heterocycles. The molecule has 0 fully saturated rings. The van der Waals surface area contributed by atoms with Crippen molar-refractivity contribution in [3.05, 3.63) is 24.3 Å². The van der Waals surface area contributed by atoms with Crippen molar-refractivity contribution in [3.8, 4) is 0 Å². The van der Waals surface area contributed by atoms with Gasteiger partial charge in [0.1, 0.15) is 0 Å². The SMILES string of the molecule is Cl.Cl.Cl.Nc1ccc(NCCCN(CCO)CCO)cc1.O.O.O. The van der Waals surface area contributed by atoms with Crippen LogP contribution < -0.4 is 11.1 Å². The fraction of sp³-hybridized carbons (Fsp3) is 0.538. The maximum atomic E-state index is 8.87. The van der Waals surface area contributed by atoms with Gasteiger partial charge in [0.25, 0.3) is 0 Å². The molecule has 0 unspecified atom stereocenters. The number of hydrogen-bond donors (Lipinski definition) is 4. The lowest BCUT2D eigenvalue weighted by Gasteiger charge is -2.20. The predicted octanol–water partition coefficient (Wildman–Crippen LogP) is -0.851. The molecule has 11 N–H and O–H groups in total. The lowest BCUT2D eigenvalue weighted by atomic mass is 10.3. The molecule has 0 saturated heterocycles. The highest BCUT2D eigenvalue weighted by Gasteiger charge is 2.02. The number of nitrogens with one attached hydrogen (secondary N) is 1. The lowest BCUT2D eigenvalue weighted by Crippen LogP contribution is -2.31. The third-order valence-corrected chi connectivity index (χ3v) is 2.72. The molecule has 0 aliphatic rings. The Morgan fingerprint density at radius 3 is 1.71 bits per heavy atom. The van der Waals surface area contributed by atoms with Crippen LogP contribution in [0.1, 0.15) is 6.42 Å². The minimum absolute atomic E-state index is 0. The van der Waals surface area contributed by atoms with Gasteiger partial charge < -0.3 is 37.7 Å². The van der Waals surface area contributed by atoms with Gasteiger partial charge in [-0.25, -0.2) is 0 Å². The zero-order valence-electron chi connectivity index (χ0n) is 13.4. The molecule has 0 aromatic heterocycles. The van der Waals surface area contributed by atoms with Crippen LogP contribution in [0.4, 0.5) is 11.4 Å². The Morgan fingerprint density at radius 2 is 1.29 bits per heavy atom. The zero-order chi connectivity index (χ0) is 13.2. The number of nitrogen functional groups attached to an aromatic ring is 1. The van der Waals surface area contributed by atoms with Crippen molar-refractivity contribution in [1.82, 2.24) is 4.90 Å². The van der Waals surface area contributed by atoms with Crippen LogP contribution in [0, 0.1) is 0 Å². The first-order valence-corrected chi connectivity index (χ1v) is 6.29. The molecule has 11 heteroatoms. The third-order valence-electron chi connectivity index (χ3n) is 2.72. The molecule has 0 aliphatic carbocycles. The molecule has 1 aromatic rings. The first-order valence-electron chi connectivity index (χ1n) is 6.29. The molecule has 0 bridgehead atoms. The molecular formula is C13H32Cl3N3O5. The van der Waals surface area contributed by atoms with Crippen molar-refractivity contribution in [3.63, 3.8) is 0 Å². The number of rotatable bonds is 9. The summed E-state index contributed by atoms with van der Waals surface area (Å²) < 4.78 is 0. The second-order valence-corrected chi connectivity index (χ2v) is 4.19. The highest BCUT2D eigenvalue weighted by atomic mass is 35.5. The van der Waals surface area contributed by atoms with Crippen LogP contribution in [0.3, 0.4) is 0 Å². The average Bonchev–Trinajstić information content (AvgIpc) is 2.37. The van der Waals surface area contributed by atoms with E-state index in [1.54, 1.807) is 0 Å². The Bertz CT molecular complexity index is 331. The highest BCUT2D eigenvalue weighted by molar-refractivity contribution is 5.86. The number of nitrogens with zero attached hydrogens (tertiary/aromatic N) is 1. The van der Waals surface area contributed by atoms with E-state index in [0.29, 0.717) is 13.1 Å². The van der Waals surface area contributed by atoms with E-state index < -0.39 is 0 Å². The highest BCUT2D eigenvalue weighted by Crippen LogP contribution is 2.10. The van der Waals surface area contributed by atoms with E-state index in [0.717, 1.165) is 30.9 Å². The van der Waals surface area contributed by atoms with E-state index in [9.17, 15) is 0 Å². The fourth-order valence-corrected chi connectivity index (χ4v) is 1.75. The second-order valence-electron chi connectivity index (χ2n) is 4.19. The molecule has 0 amide bonds. The molecule has 150 valence electrons. The molecule has 0 radical (unpaired) electrons. The predicted molar refractivity (Wildman–Crippen MR) is 107 cm³/mol. The van der Waals surface area contributed by atoms with Gasteiger partial charge in [-0.2, -0.15) is 0 Å². The minimum Gasteiger partial charge on any atom is -0.412 e.